The van der Waals surface area contributed by atoms with Crippen LogP contribution in [-0.2, 0) is 15.6 Å². The first-order valence-corrected chi connectivity index (χ1v) is 7.84. The highest BCUT2D eigenvalue weighted by atomic mass is 32.2. The van der Waals surface area contributed by atoms with E-state index in [9.17, 15) is 13.5 Å². The Balaban J connectivity index is 2.37. The molecule has 4 nitrogen and oxygen atoms in total. The molecule has 2 rings (SSSR count). The van der Waals surface area contributed by atoms with Crippen molar-refractivity contribution in [2.24, 2.45) is 0 Å². The number of sulfone groups is 1. The molecule has 0 spiro atoms. The van der Waals surface area contributed by atoms with E-state index in [0.717, 1.165) is 0 Å². The summed E-state index contributed by atoms with van der Waals surface area (Å²) in [6.07, 6.45) is 1.19. The van der Waals surface area contributed by atoms with Gasteiger partial charge in [0.15, 0.2) is 9.84 Å². The Morgan fingerprint density at radius 1 is 1.10 bits per heavy atom. The summed E-state index contributed by atoms with van der Waals surface area (Å²) in [7, 11) is -3.75. The van der Waals surface area contributed by atoms with Gasteiger partial charge in [-0.25, -0.2) is 8.42 Å². The number of rotatable bonds is 4. The zero-order valence-corrected chi connectivity index (χ0v) is 11.9. The molecule has 0 unspecified atom stereocenters. The summed E-state index contributed by atoms with van der Waals surface area (Å²) in [6, 6.07) is 16.6. The minimum absolute atomic E-state index is 0.0693. The number of para-hydroxylation sites is 1. The van der Waals surface area contributed by atoms with E-state index >= 15 is 0 Å². The fourth-order valence-corrected chi connectivity index (χ4v) is 3.05. The van der Waals surface area contributed by atoms with Crippen LogP contribution in [0.2, 0.25) is 0 Å². The second kappa shape index (κ2) is 6.25. The van der Waals surface area contributed by atoms with Gasteiger partial charge in [-0.15, -0.1) is 0 Å². The van der Waals surface area contributed by atoms with Gasteiger partial charge in [0.25, 0.3) is 0 Å². The molecule has 0 radical (unpaired) electrons. The molecule has 0 aliphatic rings. The van der Waals surface area contributed by atoms with Crippen LogP contribution in [-0.4, -0.2) is 13.5 Å². The first-order chi connectivity index (χ1) is 10.0. The van der Waals surface area contributed by atoms with Crippen molar-refractivity contribution >= 4 is 15.9 Å². The molecule has 0 aliphatic carbocycles. The molecule has 0 amide bonds. The van der Waals surface area contributed by atoms with Gasteiger partial charge in [-0.2, -0.15) is 5.26 Å². The molecule has 0 fully saturated rings. The number of allylic oxidation sites excluding steroid dienone is 1. The van der Waals surface area contributed by atoms with Crippen LogP contribution in [0.15, 0.2) is 59.5 Å². The van der Waals surface area contributed by atoms with Crippen molar-refractivity contribution in [3.8, 4) is 11.8 Å². The summed E-state index contributed by atoms with van der Waals surface area (Å²) in [6.45, 7) is 0. The number of benzene rings is 2. The molecule has 21 heavy (non-hydrogen) atoms. The Hall–Kier alpha value is -2.58. The summed E-state index contributed by atoms with van der Waals surface area (Å²) in [4.78, 5) is -0.368. The first-order valence-electron chi connectivity index (χ1n) is 6.19. The largest absolute Gasteiger partial charge is 0.507 e. The van der Waals surface area contributed by atoms with Crippen molar-refractivity contribution in [2.45, 2.75) is 5.75 Å². The molecule has 0 bridgehead atoms. The van der Waals surface area contributed by atoms with Crippen LogP contribution < -0.4 is 0 Å². The highest BCUT2D eigenvalue weighted by Crippen LogP contribution is 2.22. The number of aromatic hydroxyl groups is 1. The van der Waals surface area contributed by atoms with Crippen LogP contribution in [0, 0.1) is 11.3 Å². The molecule has 2 aromatic carbocycles. The third-order valence-corrected chi connectivity index (χ3v) is 4.46. The van der Waals surface area contributed by atoms with Gasteiger partial charge in [0.1, 0.15) is 16.7 Å². The number of phenolic OH excluding ortho intramolecular Hbond substituents is 1. The second-order valence-corrected chi connectivity index (χ2v) is 6.38. The minimum Gasteiger partial charge on any atom is -0.507 e. The number of hydrogen-bond donors (Lipinski definition) is 1. The molecule has 0 aromatic heterocycles. The lowest BCUT2D eigenvalue weighted by Gasteiger charge is -2.04. The van der Waals surface area contributed by atoms with Crippen molar-refractivity contribution in [2.75, 3.05) is 0 Å². The molecule has 0 heterocycles. The Morgan fingerprint density at radius 2 is 1.71 bits per heavy atom. The standard InChI is InChI=1S/C16H13NO3S/c17-11-15(10-14-8-4-5-9-16(14)18)21(19,20)12-13-6-2-1-3-7-13/h1-10,18H,12H2/b15-10-. The normalized spacial score (nSPS) is 11.9. The van der Waals surface area contributed by atoms with Crippen LogP contribution >= 0.6 is 0 Å². The second-order valence-electron chi connectivity index (χ2n) is 4.42. The van der Waals surface area contributed by atoms with Crippen molar-refractivity contribution in [1.82, 2.24) is 0 Å². The van der Waals surface area contributed by atoms with Crippen LogP contribution in [0.25, 0.3) is 6.08 Å². The summed E-state index contributed by atoms with van der Waals surface area (Å²) in [5.74, 6) is -0.318. The number of phenols is 1. The number of nitriles is 1. The van der Waals surface area contributed by atoms with E-state index in [0.29, 0.717) is 11.1 Å². The lowest BCUT2D eigenvalue weighted by molar-refractivity contribution is 0.474. The zero-order valence-electron chi connectivity index (χ0n) is 11.1. The summed E-state index contributed by atoms with van der Waals surface area (Å²) < 4.78 is 24.5. The molecule has 5 heteroatoms. The predicted molar refractivity (Wildman–Crippen MR) is 80.8 cm³/mol. The molecule has 0 atom stereocenters. The lowest BCUT2D eigenvalue weighted by Crippen LogP contribution is -2.06. The van der Waals surface area contributed by atoms with Gasteiger partial charge >= 0.3 is 0 Å². The maximum atomic E-state index is 12.3. The van der Waals surface area contributed by atoms with Crippen LogP contribution in [0.1, 0.15) is 11.1 Å². The Labute approximate surface area is 123 Å². The smallest absolute Gasteiger partial charge is 0.192 e. The lowest BCUT2D eigenvalue weighted by atomic mass is 10.2. The van der Waals surface area contributed by atoms with E-state index in [2.05, 4.69) is 0 Å². The summed E-state index contributed by atoms with van der Waals surface area (Å²) >= 11 is 0. The van der Waals surface area contributed by atoms with E-state index in [1.165, 1.54) is 12.1 Å². The van der Waals surface area contributed by atoms with Crippen LogP contribution in [0.5, 0.6) is 5.75 Å². The molecule has 1 N–H and O–H groups in total. The van der Waals surface area contributed by atoms with Gasteiger partial charge in [0, 0.05) is 5.56 Å². The maximum absolute atomic E-state index is 12.3. The molecule has 0 aliphatic heterocycles. The number of hydrogen-bond acceptors (Lipinski definition) is 4. The monoisotopic (exact) mass is 299 g/mol. The Morgan fingerprint density at radius 3 is 2.33 bits per heavy atom. The Kier molecular flexibility index (Phi) is 4.41. The highest BCUT2D eigenvalue weighted by Gasteiger charge is 2.19. The fourth-order valence-electron chi connectivity index (χ4n) is 1.81. The first kappa shape index (κ1) is 14.8. The molecule has 0 saturated heterocycles. The molecule has 0 saturated carbocycles. The highest BCUT2D eigenvalue weighted by molar-refractivity contribution is 7.95. The Bertz CT molecular complexity index is 803. The van der Waals surface area contributed by atoms with Crippen molar-refractivity contribution < 1.29 is 13.5 Å². The summed E-state index contributed by atoms with van der Waals surface area (Å²) in [5, 5.41) is 18.8. The van der Waals surface area contributed by atoms with Crippen molar-refractivity contribution in [3.63, 3.8) is 0 Å². The molecule has 2 aromatic rings. The summed E-state index contributed by atoms with van der Waals surface area (Å²) in [5.41, 5.74) is 0.904. The topological polar surface area (TPSA) is 78.2 Å². The van der Waals surface area contributed by atoms with Gasteiger partial charge in [-0.05, 0) is 17.7 Å². The van der Waals surface area contributed by atoms with E-state index in [1.54, 1.807) is 54.6 Å². The van der Waals surface area contributed by atoms with Crippen molar-refractivity contribution in [3.05, 3.63) is 70.6 Å². The van der Waals surface area contributed by atoms with Gasteiger partial charge in [0.2, 0.25) is 0 Å². The van der Waals surface area contributed by atoms with Crippen LogP contribution in [0.4, 0.5) is 0 Å². The average Bonchev–Trinajstić information content (AvgIpc) is 2.46. The van der Waals surface area contributed by atoms with Gasteiger partial charge in [-0.3, -0.25) is 0 Å². The van der Waals surface area contributed by atoms with Gasteiger partial charge in [0.05, 0.1) is 5.75 Å². The van der Waals surface area contributed by atoms with E-state index in [1.807, 2.05) is 0 Å². The van der Waals surface area contributed by atoms with Gasteiger partial charge in [-0.1, -0.05) is 48.5 Å². The third-order valence-electron chi connectivity index (χ3n) is 2.87. The van der Waals surface area contributed by atoms with Crippen molar-refractivity contribution in [1.29, 1.82) is 5.26 Å². The number of nitrogens with zero attached hydrogens (tertiary/aromatic N) is 1. The maximum Gasteiger partial charge on any atom is 0.192 e. The van der Waals surface area contributed by atoms with E-state index in [-0.39, 0.29) is 16.4 Å². The van der Waals surface area contributed by atoms with Crippen LogP contribution in [0.3, 0.4) is 0 Å². The van der Waals surface area contributed by atoms with E-state index in [4.69, 9.17) is 5.26 Å². The quantitative estimate of drug-likeness (QED) is 0.880. The minimum atomic E-state index is -3.75. The third kappa shape index (κ3) is 3.71. The average molecular weight is 299 g/mol. The molecular formula is C16H13NO3S. The van der Waals surface area contributed by atoms with Gasteiger partial charge < -0.3 is 5.11 Å². The molecule has 106 valence electrons. The zero-order chi connectivity index (χ0) is 15.3. The SMILES string of the molecule is N#C/C(=C/c1ccccc1O)S(=O)(=O)Cc1ccccc1. The predicted octanol–water partition coefficient (Wildman–Crippen LogP) is 2.87. The molecular weight excluding hydrogens is 286 g/mol. The fraction of sp³-hybridized carbons (Fsp3) is 0.0625. The van der Waals surface area contributed by atoms with E-state index < -0.39 is 9.84 Å².